The lowest BCUT2D eigenvalue weighted by atomic mass is 10.0. The molecule has 19 heavy (non-hydrogen) atoms. The third-order valence-corrected chi connectivity index (χ3v) is 2.12. The summed E-state index contributed by atoms with van der Waals surface area (Å²) in [5, 5.41) is 4.88. The second-order valence-corrected chi connectivity index (χ2v) is 4.38. The molecule has 112 valence electrons. The maximum Gasteiger partial charge on any atom is 0.411 e. The summed E-state index contributed by atoms with van der Waals surface area (Å²) in [6, 6.07) is -0.708. The zero-order chi connectivity index (χ0) is 15.1. The SMILES string of the molecule is CC(=O)NC(C(=O)NCCOCC(F)(F)F)C(C)C. The number of ether oxygens (including phenoxy) is 1. The van der Waals surface area contributed by atoms with E-state index in [1.54, 1.807) is 13.8 Å². The smallest absolute Gasteiger partial charge is 0.370 e. The van der Waals surface area contributed by atoms with Crippen molar-refractivity contribution in [2.24, 2.45) is 5.92 Å². The van der Waals surface area contributed by atoms with E-state index in [-0.39, 0.29) is 25.0 Å². The van der Waals surface area contributed by atoms with Gasteiger partial charge in [-0.05, 0) is 5.92 Å². The number of rotatable bonds is 7. The molecule has 0 aliphatic rings. The van der Waals surface area contributed by atoms with Crippen LogP contribution in [0.2, 0.25) is 0 Å². The van der Waals surface area contributed by atoms with Crippen molar-refractivity contribution < 1.29 is 27.5 Å². The van der Waals surface area contributed by atoms with Crippen LogP contribution < -0.4 is 10.6 Å². The fourth-order valence-electron chi connectivity index (χ4n) is 1.30. The van der Waals surface area contributed by atoms with Crippen LogP contribution >= 0.6 is 0 Å². The van der Waals surface area contributed by atoms with E-state index in [2.05, 4.69) is 15.4 Å². The van der Waals surface area contributed by atoms with Crippen molar-refractivity contribution in [1.29, 1.82) is 0 Å². The second-order valence-electron chi connectivity index (χ2n) is 4.38. The zero-order valence-corrected chi connectivity index (χ0v) is 11.1. The average molecular weight is 284 g/mol. The van der Waals surface area contributed by atoms with E-state index in [4.69, 9.17) is 0 Å². The monoisotopic (exact) mass is 284 g/mol. The van der Waals surface area contributed by atoms with Crippen LogP contribution in [-0.4, -0.2) is 43.8 Å². The number of carbonyl (C=O) groups excluding carboxylic acids is 2. The Bertz CT molecular complexity index is 306. The first-order chi connectivity index (χ1) is 8.63. The van der Waals surface area contributed by atoms with E-state index in [1.165, 1.54) is 6.92 Å². The van der Waals surface area contributed by atoms with Crippen molar-refractivity contribution >= 4 is 11.8 Å². The van der Waals surface area contributed by atoms with Crippen LogP contribution in [0.5, 0.6) is 0 Å². The molecule has 2 N–H and O–H groups in total. The molecule has 1 atom stereocenters. The number of hydrogen-bond acceptors (Lipinski definition) is 3. The lowest BCUT2D eigenvalue weighted by molar-refractivity contribution is -0.173. The number of carbonyl (C=O) groups is 2. The molecule has 0 rings (SSSR count). The first-order valence-corrected chi connectivity index (χ1v) is 5.83. The standard InChI is InChI=1S/C11H19F3N2O3/c1-7(2)9(16-8(3)17)10(18)15-4-5-19-6-11(12,13)14/h7,9H,4-6H2,1-3H3,(H,15,18)(H,16,17). The molecule has 0 aromatic heterocycles. The Kier molecular flexibility index (Phi) is 7.43. The normalized spacial score (nSPS) is 13.2. The highest BCUT2D eigenvalue weighted by molar-refractivity contribution is 5.86. The van der Waals surface area contributed by atoms with Crippen molar-refractivity contribution in [1.82, 2.24) is 10.6 Å². The minimum absolute atomic E-state index is 0.0439. The third-order valence-electron chi connectivity index (χ3n) is 2.12. The van der Waals surface area contributed by atoms with E-state index in [1.807, 2.05) is 0 Å². The van der Waals surface area contributed by atoms with Gasteiger partial charge in [-0.15, -0.1) is 0 Å². The third kappa shape index (κ3) is 9.29. The van der Waals surface area contributed by atoms with Gasteiger partial charge in [-0.2, -0.15) is 13.2 Å². The Morgan fingerprint density at radius 2 is 1.84 bits per heavy atom. The van der Waals surface area contributed by atoms with Gasteiger partial charge in [-0.3, -0.25) is 9.59 Å². The van der Waals surface area contributed by atoms with E-state index in [9.17, 15) is 22.8 Å². The Morgan fingerprint density at radius 1 is 1.26 bits per heavy atom. The fraction of sp³-hybridized carbons (Fsp3) is 0.818. The Morgan fingerprint density at radius 3 is 2.26 bits per heavy atom. The summed E-state index contributed by atoms with van der Waals surface area (Å²) in [5.41, 5.74) is 0. The number of halogens is 3. The van der Waals surface area contributed by atoms with E-state index < -0.39 is 24.7 Å². The van der Waals surface area contributed by atoms with Crippen LogP contribution in [0.15, 0.2) is 0 Å². The maximum absolute atomic E-state index is 11.8. The van der Waals surface area contributed by atoms with Gasteiger partial charge >= 0.3 is 6.18 Å². The molecule has 0 fully saturated rings. The highest BCUT2D eigenvalue weighted by Crippen LogP contribution is 2.13. The molecular formula is C11H19F3N2O3. The molecule has 2 amide bonds. The van der Waals surface area contributed by atoms with Gasteiger partial charge in [0.25, 0.3) is 0 Å². The largest absolute Gasteiger partial charge is 0.411 e. The fourth-order valence-corrected chi connectivity index (χ4v) is 1.30. The van der Waals surface area contributed by atoms with Crippen LogP contribution in [0.1, 0.15) is 20.8 Å². The van der Waals surface area contributed by atoms with Crippen molar-refractivity contribution in [3.63, 3.8) is 0 Å². The number of amides is 2. The van der Waals surface area contributed by atoms with Crippen molar-refractivity contribution in [2.45, 2.75) is 33.0 Å². The van der Waals surface area contributed by atoms with Crippen LogP contribution in [-0.2, 0) is 14.3 Å². The zero-order valence-electron chi connectivity index (χ0n) is 11.1. The van der Waals surface area contributed by atoms with Gasteiger partial charge in [0.05, 0.1) is 6.61 Å². The van der Waals surface area contributed by atoms with Gasteiger partial charge < -0.3 is 15.4 Å². The van der Waals surface area contributed by atoms with Gasteiger partial charge in [0, 0.05) is 13.5 Å². The molecule has 0 saturated heterocycles. The summed E-state index contributed by atoms with van der Waals surface area (Å²) in [6.45, 7) is 3.16. The summed E-state index contributed by atoms with van der Waals surface area (Å²) in [6.07, 6.45) is -4.37. The minimum Gasteiger partial charge on any atom is -0.370 e. The first kappa shape index (κ1) is 17.7. The highest BCUT2D eigenvalue weighted by Gasteiger charge is 2.27. The molecule has 1 unspecified atom stereocenters. The summed E-state index contributed by atoms with van der Waals surface area (Å²) >= 11 is 0. The molecule has 0 saturated carbocycles. The molecule has 0 aliphatic carbocycles. The maximum atomic E-state index is 11.8. The predicted octanol–water partition coefficient (Wildman–Crippen LogP) is 0.842. The number of hydrogen-bond donors (Lipinski definition) is 2. The molecular weight excluding hydrogens is 265 g/mol. The Hall–Kier alpha value is -1.31. The van der Waals surface area contributed by atoms with Gasteiger partial charge in [0.2, 0.25) is 11.8 Å². The summed E-state index contributed by atoms with van der Waals surface area (Å²) < 4.78 is 39.6. The van der Waals surface area contributed by atoms with Gasteiger partial charge in [-0.1, -0.05) is 13.8 Å². The molecule has 0 aromatic carbocycles. The van der Waals surface area contributed by atoms with Gasteiger partial charge in [0.15, 0.2) is 0 Å². The second kappa shape index (κ2) is 7.98. The molecule has 5 nitrogen and oxygen atoms in total. The minimum atomic E-state index is -4.37. The molecule has 0 aliphatic heterocycles. The van der Waals surface area contributed by atoms with E-state index in [0.29, 0.717) is 0 Å². The van der Waals surface area contributed by atoms with E-state index >= 15 is 0 Å². The molecule has 0 spiro atoms. The Labute approximate surface area is 109 Å². The Balaban J connectivity index is 3.97. The van der Waals surface area contributed by atoms with Crippen LogP contribution in [0.3, 0.4) is 0 Å². The molecule has 0 heterocycles. The topological polar surface area (TPSA) is 67.4 Å². The van der Waals surface area contributed by atoms with Crippen molar-refractivity contribution in [3.8, 4) is 0 Å². The quantitative estimate of drug-likeness (QED) is 0.681. The molecule has 0 aromatic rings. The highest BCUT2D eigenvalue weighted by atomic mass is 19.4. The van der Waals surface area contributed by atoms with Gasteiger partial charge in [-0.25, -0.2) is 0 Å². The molecule has 0 radical (unpaired) electrons. The van der Waals surface area contributed by atoms with Crippen LogP contribution in [0.4, 0.5) is 13.2 Å². The lowest BCUT2D eigenvalue weighted by Crippen LogP contribution is -2.49. The van der Waals surface area contributed by atoms with Crippen molar-refractivity contribution in [2.75, 3.05) is 19.8 Å². The molecule has 0 bridgehead atoms. The first-order valence-electron chi connectivity index (χ1n) is 5.83. The van der Waals surface area contributed by atoms with Crippen molar-refractivity contribution in [3.05, 3.63) is 0 Å². The summed E-state index contributed by atoms with van der Waals surface area (Å²) in [4.78, 5) is 22.6. The lowest BCUT2D eigenvalue weighted by Gasteiger charge is -2.20. The van der Waals surface area contributed by atoms with E-state index in [0.717, 1.165) is 0 Å². The number of nitrogens with one attached hydrogen (secondary N) is 2. The average Bonchev–Trinajstić information content (AvgIpc) is 2.22. The van der Waals surface area contributed by atoms with Crippen LogP contribution in [0, 0.1) is 5.92 Å². The van der Waals surface area contributed by atoms with Gasteiger partial charge in [0.1, 0.15) is 12.6 Å². The molecule has 8 heteroatoms. The number of alkyl halides is 3. The summed E-state index contributed by atoms with van der Waals surface area (Å²) in [7, 11) is 0. The predicted molar refractivity (Wildman–Crippen MR) is 62.3 cm³/mol. The summed E-state index contributed by atoms with van der Waals surface area (Å²) in [5.74, 6) is -0.914. The van der Waals surface area contributed by atoms with Crippen LogP contribution in [0.25, 0.3) is 0 Å².